The van der Waals surface area contributed by atoms with E-state index < -0.39 is 4.92 Å². The van der Waals surface area contributed by atoms with Crippen LogP contribution in [0.2, 0.25) is 0 Å². The van der Waals surface area contributed by atoms with Crippen LogP contribution >= 0.6 is 15.9 Å². The maximum Gasteiger partial charge on any atom is 0.270 e. The number of halogens is 1. The number of rotatable bonds is 6. The van der Waals surface area contributed by atoms with Gasteiger partial charge in [-0.1, -0.05) is 22.0 Å². The van der Waals surface area contributed by atoms with Crippen molar-refractivity contribution in [2.24, 2.45) is 0 Å². The Kier molecular flexibility index (Phi) is 5.95. The average molecular weight is 329 g/mol. The fourth-order valence-corrected chi connectivity index (χ4v) is 2.05. The van der Waals surface area contributed by atoms with Crippen LogP contribution in [0.1, 0.15) is 35.7 Å². The lowest BCUT2D eigenvalue weighted by molar-refractivity contribution is -0.384. The minimum absolute atomic E-state index is 0.0451. The molecule has 1 rings (SSSR count). The molecule has 1 N–H and O–H groups in total. The van der Waals surface area contributed by atoms with E-state index in [2.05, 4.69) is 21.2 Å². The molecule has 0 aromatic heterocycles. The van der Waals surface area contributed by atoms with Crippen molar-refractivity contribution in [3.05, 3.63) is 39.4 Å². The van der Waals surface area contributed by atoms with E-state index in [4.69, 9.17) is 0 Å². The van der Waals surface area contributed by atoms with E-state index in [1.54, 1.807) is 13.0 Å². The number of benzene rings is 1. The number of aryl methyl sites for hydroxylation is 1. The molecule has 0 saturated heterocycles. The normalized spacial score (nSPS) is 11.9. The molecule has 5 nitrogen and oxygen atoms in total. The van der Waals surface area contributed by atoms with Crippen LogP contribution in [-0.2, 0) is 0 Å². The zero-order chi connectivity index (χ0) is 14.4. The van der Waals surface area contributed by atoms with E-state index in [1.807, 2.05) is 6.92 Å². The zero-order valence-electron chi connectivity index (χ0n) is 11.0. The first kappa shape index (κ1) is 15.6. The van der Waals surface area contributed by atoms with Gasteiger partial charge < -0.3 is 5.32 Å². The number of carbonyl (C=O) groups excluding carboxylic acids is 1. The summed E-state index contributed by atoms with van der Waals surface area (Å²) in [6, 6.07) is 4.36. The molecule has 0 aliphatic carbocycles. The fraction of sp³-hybridized carbons (Fsp3) is 0.462. The van der Waals surface area contributed by atoms with Crippen molar-refractivity contribution in [2.45, 2.75) is 32.7 Å². The molecule has 6 heteroatoms. The fourth-order valence-electron chi connectivity index (χ4n) is 1.73. The monoisotopic (exact) mass is 328 g/mol. The predicted molar refractivity (Wildman–Crippen MR) is 77.8 cm³/mol. The Balaban J connectivity index is 2.81. The maximum atomic E-state index is 12.1. The van der Waals surface area contributed by atoms with Crippen molar-refractivity contribution >= 4 is 27.5 Å². The van der Waals surface area contributed by atoms with Crippen molar-refractivity contribution in [2.75, 3.05) is 5.33 Å². The van der Waals surface area contributed by atoms with Gasteiger partial charge in [0.1, 0.15) is 0 Å². The lowest BCUT2D eigenvalue weighted by Gasteiger charge is -2.14. The van der Waals surface area contributed by atoms with Gasteiger partial charge in [0, 0.05) is 29.1 Å². The Labute approximate surface area is 120 Å². The van der Waals surface area contributed by atoms with Crippen molar-refractivity contribution < 1.29 is 9.72 Å². The summed E-state index contributed by atoms with van der Waals surface area (Å²) in [5.41, 5.74) is 1.03. The smallest absolute Gasteiger partial charge is 0.270 e. The van der Waals surface area contributed by atoms with Crippen LogP contribution in [0.5, 0.6) is 0 Å². The van der Waals surface area contributed by atoms with Crippen LogP contribution < -0.4 is 5.32 Å². The van der Waals surface area contributed by atoms with Gasteiger partial charge in [0.2, 0.25) is 0 Å². The molecule has 0 heterocycles. The second-order valence-corrected chi connectivity index (χ2v) is 5.26. The highest BCUT2D eigenvalue weighted by atomic mass is 79.9. The number of non-ortho nitro benzene ring substituents is 1. The van der Waals surface area contributed by atoms with Gasteiger partial charge in [0.25, 0.3) is 11.6 Å². The molecule has 1 amide bonds. The number of hydrogen-bond acceptors (Lipinski definition) is 3. The van der Waals surface area contributed by atoms with Crippen molar-refractivity contribution in [1.82, 2.24) is 5.32 Å². The molecule has 1 aromatic carbocycles. The summed E-state index contributed by atoms with van der Waals surface area (Å²) >= 11 is 3.34. The second-order valence-electron chi connectivity index (χ2n) is 4.46. The number of nitro benzene ring substituents is 1. The Morgan fingerprint density at radius 3 is 2.79 bits per heavy atom. The number of nitrogens with zero attached hydrogens (tertiary/aromatic N) is 1. The predicted octanol–water partition coefficient (Wildman–Crippen LogP) is 3.20. The molecule has 0 saturated carbocycles. The largest absolute Gasteiger partial charge is 0.350 e. The summed E-state index contributed by atoms with van der Waals surface area (Å²) in [7, 11) is 0. The minimum atomic E-state index is -0.496. The van der Waals surface area contributed by atoms with Crippen LogP contribution in [0.4, 0.5) is 5.69 Å². The molecule has 104 valence electrons. The molecular weight excluding hydrogens is 312 g/mol. The molecular formula is C13H17BrN2O3. The highest BCUT2D eigenvalue weighted by Crippen LogP contribution is 2.17. The number of nitro groups is 1. The van der Waals surface area contributed by atoms with Gasteiger partial charge in [0.15, 0.2) is 0 Å². The number of carbonyl (C=O) groups is 1. The van der Waals surface area contributed by atoms with E-state index in [1.165, 1.54) is 12.1 Å². The summed E-state index contributed by atoms with van der Waals surface area (Å²) < 4.78 is 0. The molecule has 0 spiro atoms. The third-order valence-electron chi connectivity index (χ3n) is 2.82. The topological polar surface area (TPSA) is 72.2 Å². The van der Waals surface area contributed by atoms with E-state index in [9.17, 15) is 14.9 Å². The Morgan fingerprint density at radius 2 is 2.21 bits per heavy atom. The van der Waals surface area contributed by atoms with E-state index in [0.29, 0.717) is 5.56 Å². The molecule has 1 unspecified atom stereocenters. The molecule has 0 bridgehead atoms. The van der Waals surface area contributed by atoms with Gasteiger partial charge >= 0.3 is 0 Å². The number of alkyl halides is 1. The van der Waals surface area contributed by atoms with Crippen LogP contribution in [-0.4, -0.2) is 22.2 Å². The third-order valence-corrected chi connectivity index (χ3v) is 3.39. The third kappa shape index (κ3) is 4.63. The highest BCUT2D eigenvalue weighted by Gasteiger charge is 2.16. The maximum absolute atomic E-state index is 12.1. The highest BCUT2D eigenvalue weighted by molar-refractivity contribution is 9.09. The number of amides is 1. The van der Waals surface area contributed by atoms with Gasteiger partial charge in [-0.05, 0) is 32.3 Å². The molecule has 1 aromatic rings. The average Bonchev–Trinajstić information content (AvgIpc) is 2.36. The molecule has 1 atom stereocenters. The summed E-state index contributed by atoms with van der Waals surface area (Å²) in [6.07, 6.45) is 1.83. The zero-order valence-corrected chi connectivity index (χ0v) is 12.6. The summed E-state index contributed by atoms with van der Waals surface area (Å²) in [4.78, 5) is 22.3. The van der Waals surface area contributed by atoms with Crippen LogP contribution in [0.25, 0.3) is 0 Å². The van der Waals surface area contributed by atoms with Gasteiger partial charge in [-0.15, -0.1) is 0 Å². The van der Waals surface area contributed by atoms with Gasteiger partial charge in [-0.3, -0.25) is 14.9 Å². The lowest BCUT2D eigenvalue weighted by Crippen LogP contribution is -2.33. The molecule has 0 radical (unpaired) electrons. The summed E-state index contributed by atoms with van der Waals surface area (Å²) in [6.45, 7) is 3.69. The first-order valence-electron chi connectivity index (χ1n) is 6.07. The van der Waals surface area contributed by atoms with Crippen LogP contribution in [0.15, 0.2) is 18.2 Å². The van der Waals surface area contributed by atoms with E-state index in [0.717, 1.165) is 23.7 Å². The second kappa shape index (κ2) is 7.23. The molecule has 0 aliphatic heterocycles. The Hall–Kier alpha value is -1.43. The van der Waals surface area contributed by atoms with Crippen molar-refractivity contribution in [3.8, 4) is 0 Å². The first-order valence-corrected chi connectivity index (χ1v) is 7.19. The molecule has 19 heavy (non-hydrogen) atoms. The van der Waals surface area contributed by atoms with Gasteiger partial charge in [-0.2, -0.15) is 0 Å². The molecule has 0 fully saturated rings. The SMILES string of the molecule is Cc1ccc([N+](=O)[O-])cc1C(=O)NC(C)CCCBr. The van der Waals surface area contributed by atoms with Gasteiger partial charge in [0.05, 0.1) is 4.92 Å². The summed E-state index contributed by atoms with van der Waals surface area (Å²) in [5.74, 6) is -0.261. The van der Waals surface area contributed by atoms with Crippen LogP contribution in [0, 0.1) is 17.0 Å². The van der Waals surface area contributed by atoms with Crippen LogP contribution in [0.3, 0.4) is 0 Å². The standard InChI is InChI=1S/C13H17BrN2O3/c1-9-5-6-11(16(18)19)8-12(9)13(17)15-10(2)4-3-7-14/h5-6,8,10H,3-4,7H2,1-2H3,(H,15,17). The minimum Gasteiger partial charge on any atom is -0.350 e. The number of hydrogen-bond donors (Lipinski definition) is 1. The Morgan fingerprint density at radius 1 is 1.53 bits per heavy atom. The lowest BCUT2D eigenvalue weighted by atomic mass is 10.1. The Bertz CT molecular complexity index is 477. The quantitative estimate of drug-likeness (QED) is 0.495. The molecule has 0 aliphatic rings. The first-order chi connectivity index (χ1) is 8.95. The van der Waals surface area contributed by atoms with E-state index >= 15 is 0 Å². The summed E-state index contributed by atoms with van der Waals surface area (Å²) in [5, 5.41) is 14.5. The van der Waals surface area contributed by atoms with E-state index in [-0.39, 0.29) is 17.6 Å². The number of nitrogens with one attached hydrogen (secondary N) is 1. The van der Waals surface area contributed by atoms with Crippen molar-refractivity contribution in [3.63, 3.8) is 0 Å². The van der Waals surface area contributed by atoms with Gasteiger partial charge in [-0.25, -0.2) is 0 Å². The van der Waals surface area contributed by atoms with Crippen molar-refractivity contribution in [1.29, 1.82) is 0 Å².